The van der Waals surface area contributed by atoms with Gasteiger partial charge in [0, 0.05) is 17.7 Å². The summed E-state index contributed by atoms with van der Waals surface area (Å²) in [6.07, 6.45) is 7.45. The molecule has 0 radical (unpaired) electrons. The van der Waals surface area contributed by atoms with Crippen LogP contribution in [0.1, 0.15) is 22.4 Å². The number of ether oxygens (including phenoxy) is 1. The van der Waals surface area contributed by atoms with Gasteiger partial charge in [-0.15, -0.1) is 11.3 Å². The molecule has 4 rings (SSSR count). The first-order valence-electron chi connectivity index (χ1n) is 9.16. The van der Waals surface area contributed by atoms with Gasteiger partial charge < -0.3 is 4.74 Å². The van der Waals surface area contributed by atoms with Gasteiger partial charge in [-0.1, -0.05) is 54.2 Å². The first-order valence-corrected chi connectivity index (χ1v) is 11.0. The molecule has 1 aromatic carbocycles. The Labute approximate surface area is 166 Å². The summed E-state index contributed by atoms with van der Waals surface area (Å²) >= 11 is 3.30. The molecule has 0 fully saturated rings. The molecule has 0 bridgehead atoms. The number of thiophene rings is 1. The Morgan fingerprint density at radius 1 is 1.30 bits per heavy atom. The molecule has 1 aliphatic carbocycles. The molecule has 1 aliphatic rings. The van der Waals surface area contributed by atoms with Crippen molar-refractivity contribution in [2.24, 2.45) is 0 Å². The Morgan fingerprint density at radius 2 is 2.15 bits per heavy atom. The molecule has 2 aromatic heterocycles. The van der Waals surface area contributed by atoms with E-state index in [4.69, 9.17) is 9.72 Å². The zero-order valence-electron chi connectivity index (χ0n) is 15.3. The van der Waals surface area contributed by atoms with Crippen molar-refractivity contribution in [3.05, 3.63) is 62.8 Å². The molecule has 27 heavy (non-hydrogen) atoms. The van der Waals surface area contributed by atoms with Crippen molar-refractivity contribution >= 4 is 39.4 Å². The summed E-state index contributed by atoms with van der Waals surface area (Å²) in [7, 11) is 1.66. The summed E-state index contributed by atoms with van der Waals surface area (Å²) in [6, 6.07) is 10.2. The fraction of sp³-hybridized carbons (Fsp3) is 0.333. The highest BCUT2D eigenvalue weighted by atomic mass is 32.2. The average molecular weight is 399 g/mol. The second-order valence-corrected chi connectivity index (χ2v) is 8.58. The standard InChI is InChI=1S/C21H22N2O2S2/c1-25-13-12-23-20(24)18-16-10-5-11-17(16)27-19(18)22-21(23)26-14-6-9-15-7-3-2-4-8-15/h2-4,6-9H,5,10-14H2,1H3/b9-6+. The number of aromatic nitrogens is 2. The van der Waals surface area contributed by atoms with Gasteiger partial charge in [0.25, 0.3) is 5.56 Å². The van der Waals surface area contributed by atoms with E-state index < -0.39 is 0 Å². The second-order valence-electron chi connectivity index (χ2n) is 6.51. The Morgan fingerprint density at radius 3 is 2.96 bits per heavy atom. The van der Waals surface area contributed by atoms with Gasteiger partial charge in [-0.3, -0.25) is 9.36 Å². The second kappa shape index (κ2) is 8.42. The molecule has 140 valence electrons. The Balaban J connectivity index is 1.62. The van der Waals surface area contributed by atoms with Crippen molar-refractivity contribution in [1.29, 1.82) is 0 Å². The minimum Gasteiger partial charge on any atom is -0.383 e. The summed E-state index contributed by atoms with van der Waals surface area (Å²) in [5.74, 6) is 0.769. The third-order valence-corrected chi connectivity index (χ3v) is 6.84. The molecule has 6 heteroatoms. The molecule has 0 N–H and O–H groups in total. The fourth-order valence-corrected chi connectivity index (χ4v) is 5.56. The van der Waals surface area contributed by atoms with Crippen LogP contribution in [-0.2, 0) is 24.1 Å². The van der Waals surface area contributed by atoms with Crippen molar-refractivity contribution in [2.75, 3.05) is 19.5 Å². The van der Waals surface area contributed by atoms with Crippen LogP contribution in [0.25, 0.3) is 16.3 Å². The summed E-state index contributed by atoms with van der Waals surface area (Å²) < 4.78 is 7.01. The van der Waals surface area contributed by atoms with Crippen LogP contribution < -0.4 is 5.56 Å². The van der Waals surface area contributed by atoms with Crippen LogP contribution in [-0.4, -0.2) is 29.0 Å². The van der Waals surface area contributed by atoms with Crippen LogP contribution in [0.5, 0.6) is 0 Å². The lowest BCUT2D eigenvalue weighted by atomic mass is 10.2. The first-order chi connectivity index (χ1) is 13.3. The van der Waals surface area contributed by atoms with E-state index in [1.54, 1.807) is 34.8 Å². The quantitative estimate of drug-likeness (QED) is 0.437. The molecule has 0 saturated carbocycles. The van der Waals surface area contributed by atoms with Crippen LogP contribution in [0.2, 0.25) is 0 Å². The van der Waals surface area contributed by atoms with Crippen molar-refractivity contribution in [3.63, 3.8) is 0 Å². The number of rotatable bonds is 7. The van der Waals surface area contributed by atoms with Crippen LogP contribution in [0, 0.1) is 0 Å². The molecule has 0 aliphatic heterocycles. The van der Waals surface area contributed by atoms with E-state index in [0.717, 1.165) is 40.4 Å². The predicted molar refractivity (Wildman–Crippen MR) is 114 cm³/mol. The number of hydrogen-bond acceptors (Lipinski definition) is 5. The lowest BCUT2D eigenvalue weighted by Crippen LogP contribution is -2.25. The van der Waals surface area contributed by atoms with Crippen LogP contribution in [0.4, 0.5) is 0 Å². The summed E-state index contributed by atoms with van der Waals surface area (Å²) in [4.78, 5) is 20.3. The van der Waals surface area contributed by atoms with Gasteiger partial charge in [0.1, 0.15) is 4.83 Å². The highest BCUT2D eigenvalue weighted by molar-refractivity contribution is 7.99. The van der Waals surface area contributed by atoms with Gasteiger partial charge >= 0.3 is 0 Å². The third-order valence-electron chi connectivity index (χ3n) is 4.73. The molecule has 2 heterocycles. The van der Waals surface area contributed by atoms with E-state index in [-0.39, 0.29) is 5.56 Å². The van der Waals surface area contributed by atoms with Crippen molar-refractivity contribution < 1.29 is 4.74 Å². The SMILES string of the molecule is COCCn1c(SC/C=C/c2ccccc2)nc2sc3c(c2c1=O)CCC3. The molecular formula is C21H22N2O2S2. The van der Waals surface area contributed by atoms with Crippen LogP contribution >= 0.6 is 23.1 Å². The minimum atomic E-state index is 0.0889. The largest absolute Gasteiger partial charge is 0.383 e. The molecule has 0 unspecified atom stereocenters. The first kappa shape index (κ1) is 18.5. The minimum absolute atomic E-state index is 0.0889. The molecule has 0 atom stereocenters. The zero-order valence-corrected chi connectivity index (χ0v) is 16.9. The summed E-state index contributed by atoms with van der Waals surface area (Å²) in [5, 5.41) is 1.62. The highest BCUT2D eigenvalue weighted by Gasteiger charge is 2.23. The van der Waals surface area contributed by atoms with Gasteiger partial charge in [-0.05, 0) is 30.4 Å². The smallest absolute Gasteiger partial charge is 0.263 e. The maximum Gasteiger partial charge on any atom is 0.263 e. The monoisotopic (exact) mass is 398 g/mol. The molecule has 0 spiro atoms. The molecule has 0 amide bonds. The van der Waals surface area contributed by atoms with Crippen LogP contribution in [0.15, 0.2) is 46.4 Å². The summed E-state index contributed by atoms with van der Waals surface area (Å²) in [6.45, 7) is 1.04. The molecular weight excluding hydrogens is 376 g/mol. The van der Waals surface area contributed by atoms with Gasteiger partial charge in [-0.2, -0.15) is 0 Å². The van der Waals surface area contributed by atoms with Crippen molar-refractivity contribution in [2.45, 2.75) is 31.0 Å². The number of methoxy groups -OCH3 is 1. The number of hydrogen-bond donors (Lipinski definition) is 0. The van der Waals surface area contributed by atoms with E-state index in [1.165, 1.54) is 16.0 Å². The zero-order chi connectivity index (χ0) is 18.6. The number of benzene rings is 1. The Bertz CT molecular complexity index is 1020. The van der Waals surface area contributed by atoms with Crippen LogP contribution in [0.3, 0.4) is 0 Å². The van der Waals surface area contributed by atoms with Gasteiger partial charge in [0.15, 0.2) is 5.16 Å². The third kappa shape index (κ3) is 3.88. The van der Waals surface area contributed by atoms with Gasteiger partial charge in [-0.25, -0.2) is 4.98 Å². The number of thioether (sulfide) groups is 1. The summed E-state index contributed by atoms with van der Waals surface area (Å²) in [5.41, 5.74) is 2.50. The number of aryl methyl sites for hydroxylation is 2. The fourth-order valence-electron chi connectivity index (χ4n) is 3.42. The van der Waals surface area contributed by atoms with E-state index >= 15 is 0 Å². The van der Waals surface area contributed by atoms with E-state index in [1.807, 2.05) is 18.2 Å². The predicted octanol–water partition coefficient (Wildman–Crippen LogP) is 4.40. The van der Waals surface area contributed by atoms with E-state index in [0.29, 0.717) is 13.2 Å². The normalized spacial score (nSPS) is 13.7. The topological polar surface area (TPSA) is 44.1 Å². The van der Waals surface area contributed by atoms with E-state index in [9.17, 15) is 4.79 Å². The van der Waals surface area contributed by atoms with E-state index in [2.05, 4.69) is 24.3 Å². The van der Waals surface area contributed by atoms with Gasteiger partial charge in [0.2, 0.25) is 0 Å². The Hall–Kier alpha value is -1.89. The van der Waals surface area contributed by atoms with Gasteiger partial charge in [0.05, 0.1) is 18.5 Å². The molecule has 4 nitrogen and oxygen atoms in total. The lowest BCUT2D eigenvalue weighted by Gasteiger charge is -2.11. The Kier molecular flexibility index (Phi) is 5.76. The van der Waals surface area contributed by atoms with Crippen molar-refractivity contribution in [3.8, 4) is 0 Å². The highest BCUT2D eigenvalue weighted by Crippen LogP contribution is 2.35. The lowest BCUT2D eigenvalue weighted by molar-refractivity contribution is 0.183. The molecule has 0 saturated heterocycles. The number of fused-ring (bicyclic) bond motifs is 3. The van der Waals surface area contributed by atoms with Crippen molar-refractivity contribution in [1.82, 2.24) is 9.55 Å². The number of nitrogens with zero attached hydrogens (tertiary/aromatic N) is 2. The maximum atomic E-state index is 13.2. The molecule has 3 aromatic rings. The average Bonchev–Trinajstić information content (AvgIpc) is 3.26. The maximum absolute atomic E-state index is 13.2.